The highest BCUT2D eigenvalue weighted by molar-refractivity contribution is 5.96. The van der Waals surface area contributed by atoms with Gasteiger partial charge < -0.3 is 14.4 Å². The van der Waals surface area contributed by atoms with E-state index >= 15 is 0 Å². The van der Waals surface area contributed by atoms with Gasteiger partial charge in [0, 0.05) is 18.7 Å². The third-order valence-corrected chi connectivity index (χ3v) is 2.64. The van der Waals surface area contributed by atoms with E-state index in [0.29, 0.717) is 0 Å². The lowest BCUT2D eigenvalue weighted by molar-refractivity contribution is -0.385. The molecule has 0 radical (unpaired) electrons. The third-order valence-electron chi connectivity index (χ3n) is 2.64. The van der Waals surface area contributed by atoms with Gasteiger partial charge in [0.15, 0.2) is 5.75 Å². The first-order chi connectivity index (χ1) is 9.90. The highest BCUT2D eigenvalue weighted by Crippen LogP contribution is 2.27. The molecule has 1 aromatic carbocycles. The van der Waals surface area contributed by atoms with Gasteiger partial charge >= 0.3 is 11.7 Å². The predicted molar refractivity (Wildman–Crippen MR) is 73.2 cm³/mol. The van der Waals surface area contributed by atoms with Crippen LogP contribution in [0.1, 0.15) is 17.3 Å². The Hall–Kier alpha value is -2.64. The smallest absolute Gasteiger partial charge is 0.325 e. The van der Waals surface area contributed by atoms with E-state index < -0.39 is 16.8 Å². The van der Waals surface area contributed by atoms with Crippen molar-refractivity contribution in [2.75, 3.05) is 27.3 Å². The van der Waals surface area contributed by atoms with Gasteiger partial charge in [-0.1, -0.05) is 0 Å². The number of hydrogen-bond acceptors (Lipinski definition) is 6. The molecule has 0 unspecified atom stereocenters. The maximum atomic E-state index is 12.1. The molecule has 8 heteroatoms. The summed E-state index contributed by atoms with van der Waals surface area (Å²) in [6, 6.07) is 3.85. The number of carbonyl (C=O) groups is 2. The number of nitro benzene ring substituents is 1. The fourth-order valence-corrected chi connectivity index (χ4v) is 1.66. The van der Waals surface area contributed by atoms with Crippen molar-refractivity contribution >= 4 is 17.6 Å². The lowest BCUT2D eigenvalue weighted by Crippen LogP contribution is -2.33. The molecule has 0 atom stereocenters. The molecule has 114 valence electrons. The Balaban J connectivity index is 2.94. The molecule has 0 N–H and O–H groups in total. The second-order valence-electron chi connectivity index (χ2n) is 4.11. The summed E-state index contributed by atoms with van der Waals surface area (Å²) in [5, 5.41) is 10.9. The van der Waals surface area contributed by atoms with Crippen LogP contribution in [0.5, 0.6) is 5.75 Å². The molecule has 1 rings (SSSR count). The number of rotatable bonds is 6. The molecule has 0 spiro atoms. The summed E-state index contributed by atoms with van der Waals surface area (Å²) in [5.41, 5.74) is -0.220. The van der Waals surface area contributed by atoms with Crippen LogP contribution in [-0.4, -0.2) is 49.0 Å². The Labute approximate surface area is 121 Å². The SMILES string of the molecule is CCOC(=O)CN(C)C(=O)c1ccc(OC)c([N+](=O)[O-])c1. The second-order valence-corrected chi connectivity index (χ2v) is 4.11. The molecule has 0 saturated carbocycles. The van der Waals surface area contributed by atoms with E-state index in [4.69, 9.17) is 9.47 Å². The van der Waals surface area contributed by atoms with E-state index in [9.17, 15) is 19.7 Å². The molecule has 0 aliphatic rings. The molecule has 0 saturated heterocycles. The van der Waals surface area contributed by atoms with Crippen LogP contribution in [0.25, 0.3) is 0 Å². The number of carbonyl (C=O) groups excluding carboxylic acids is 2. The molecule has 1 aromatic rings. The highest BCUT2D eigenvalue weighted by Gasteiger charge is 2.21. The van der Waals surface area contributed by atoms with Gasteiger partial charge in [-0.2, -0.15) is 0 Å². The Morgan fingerprint density at radius 1 is 1.38 bits per heavy atom. The van der Waals surface area contributed by atoms with Crippen LogP contribution in [0.4, 0.5) is 5.69 Å². The minimum Gasteiger partial charge on any atom is -0.490 e. The minimum atomic E-state index is -0.638. The number of methoxy groups -OCH3 is 1. The fraction of sp³-hybridized carbons (Fsp3) is 0.385. The van der Waals surface area contributed by atoms with Crippen LogP contribution >= 0.6 is 0 Å². The zero-order valence-electron chi connectivity index (χ0n) is 12.0. The topological polar surface area (TPSA) is 99.0 Å². The van der Waals surface area contributed by atoms with E-state index in [2.05, 4.69) is 0 Å². The van der Waals surface area contributed by atoms with Crippen LogP contribution in [-0.2, 0) is 9.53 Å². The normalized spacial score (nSPS) is 9.86. The standard InChI is InChI=1S/C13H16N2O6/c1-4-21-12(16)8-14(2)13(17)9-5-6-11(20-3)10(7-9)15(18)19/h5-7H,4,8H2,1-3H3. The fourth-order valence-electron chi connectivity index (χ4n) is 1.66. The maximum absolute atomic E-state index is 12.1. The molecule has 0 heterocycles. The van der Waals surface area contributed by atoms with Gasteiger partial charge in [-0.15, -0.1) is 0 Å². The number of ether oxygens (including phenoxy) is 2. The largest absolute Gasteiger partial charge is 0.490 e. The molecule has 1 amide bonds. The molecule has 0 aliphatic heterocycles. The summed E-state index contributed by atoms with van der Waals surface area (Å²) in [4.78, 5) is 34.8. The average molecular weight is 296 g/mol. The van der Waals surface area contributed by atoms with Crippen molar-refractivity contribution in [2.45, 2.75) is 6.92 Å². The number of nitrogens with zero attached hydrogens (tertiary/aromatic N) is 2. The van der Waals surface area contributed by atoms with Crippen molar-refractivity contribution < 1.29 is 24.0 Å². The van der Waals surface area contributed by atoms with Crippen molar-refractivity contribution in [3.8, 4) is 5.75 Å². The summed E-state index contributed by atoms with van der Waals surface area (Å²) in [6.07, 6.45) is 0. The van der Waals surface area contributed by atoms with E-state index in [1.807, 2.05) is 0 Å². The minimum absolute atomic E-state index is 0.0598. The molecule has 21 heavy (non-hydrogen) atoms. The van der Waals surface area contributed by atoms with Crippen LogP contribution in [0.2, 0.25) is 0 Å². The summed E-state index contributed by atoms with van der Waals surface area (Å²) >= 11 is 0. The second kappa shape index (κ2) is 7.22. The van der Waals surface area contributed by atoms with Gasteiger partial charge in [-0.25, -0.2) is 0 Å². The first-order valence-electron chi connectivity index (χ1n) is 6.14. The van der Waals surface area contributed by atoms with Gasteiger partial charge in [0.2, 0.25) is 0 Å². The van der Waals surface area contributed by atoms with Gasteiger partial charge in [-0.3, -0.25) is 19.7 Å². The maximum Gasteiger partial charge on any atom is 0.325 e. The molecule has 0 aliphatic carbocycles. The van der Waals surface area contributed by atoms with E-state index in [1.54, 1.807) is 6.92 Å². The summed E-state index contributed by atoms with van der Waals surface area (Å²) < 4.78 is 9.59. The molecule has 0 fully saturated rings. The summed E-state index contributed by atoms with van der Waals surface area (Å²) in [6.45, 7) is 1.65. The Kier molecular flexibility index (Phi) is 5.65. The quantitative estimate of drug-likeness (QED) is 0.445. The van der Waals surface area contributed by atoms with Crippen molar-refractivity contribution in [1.82, 2.24) is 4.90 Å². The van der Waals surface area contributed by atoms with Crippen molar-refractivity contribution in [3.63, 3.8) is 0 Å². The number of likely N-dealkylation sites (N-methyl/N-ethyl adjacent to an activating group) is 1. The first kappa shape index (κ1) is 16.4. The van der Waals surface area contributed by atoms with Gasteiger partial charge in [0.25, 0.3) is 5.91 Å². The third kappa shape index (κ3) is 4.16. The number of esters is 1. The monoisotopic (exact) mass is 296 g/mol. The van der Waals surface area contributed by atoms with Crippen LogP contribution in [0.15, 0.2) is 18.2 Å². The highest BCUT2D eigenvalue weighted by atomic mass is 16.6. The molecule has 0 bridgehead atoms. The van der Waals surface area contributed by atoms with Crippen molar-refractivity contribution in [2.24, 2.45) is 0 Å². The lowest BCUT2D eigenvalue weighted by atomic mass is 10.1. The lowest BCUT2D eigenvalue weighted by Gasteiger charge is -2.16. The Bertz CT molecular complexity index is 558. The number of amides is 1. The van der Waals surface area contributed by atoms with Gasteiger partial charge in [0.1, 0.15) is 6.54 Å². The Morgan fingerprint density at radius 3 is 2.57 bits per heavy atom. The van der Waals surface area contributed by atoms with E-state index in [0.717, 1.165) is 11.0 Å². The van der Waals surface area contributed by atoms with Crippen LogP contribution in [0, 0.1) is 10.1 Å². The van der Waals surface area contributed by atoms with Gasteiger partial charge in [-0.05, 0) is 19.1 Å². The van der Waals surface area contributed by atoms with Crippen LogP contribution < -0.4 is 4.74 Å². The Morgan fingerprint density at radius 2 is 2.05 bits per heavy atom. The van der Waals surface area contributed by atoms with E-state index in [1.165, 1.54) is 26.3 Å². The average Bonchev–Trinajstić information content (AvgIpc) is 2.45. The number of benzene rings is 1. The number of nitro groups is 1. The van der Waals surface area contributed by atoms with Crippen molar-refractivity contribution in [1.29, 1.82) is 0 Å². The molecule has 0 aromatic heterocycles. The molecular weight excluding hydrogens is 280 g/mol. The first-order valence-corrected chi connectivity index (χ1v) is 6.14. The van der Waals surface area contributed by atoms with Crippen LogP contribution in [0.3, 0.4) is 0 Å². The molecule has 8 nitrogen and oxygen atoms in total. The zero-order valence-corrected chi connectivity index (χ0v) is 12.0. The summed E-state index contributed by atoms with van der Waals surface area (Å²) in [7, 11) is 2.71. The summed E-state index contributed by atoms with van der Waals surface area (Å²) in [5.74, 6) is -1.00. The van der Waals surface area contributed by atoms with Crippen molar-refractivity contribution in [3.05, 3.63) is 33.9 Å². The van der Waals surface area contributed by atoms with Gasteiger partial charge in [0.05, 0.1) is 18.6 Å². The van der Waals surface area contributed by atoms with E-state index in [-0.39, 0.29) is 30.2 Å². The molecular formula is C13H16N2O6. The number of hydrogen-bond donors (Lipinski definition) is 0. The zero-order chi connectivity index (χ0) is 16.0. The predicted octanol–water partition coefficient (Wildman–Crippen LogP) is 1.24.